The molecule has 2 amide bonds. The molecule has 0 aromatic rings. The number of hydrogen-bond acceptors (Lipinski definition) is 2. The van der Waals surface area contributed by atoms with Crippen LogP contribution in [-0.4, -0.2) is 35.9 Å². The third-order valence-electron chi connectivity index (χ3n) is 2.69. The number of carboxylic acids is 1. The lowest BCUT2D eigenvalue weighted by atomic mass is 10.0. The van der Waals surface area contributed by atoms with Crippen molar-refractivity contribution in [3.63, 3.8) is 0 Å². The van der Waals surface area contributed by atoms with Crippen LogP contribution in [0.1, 0.15) is 39.5 Å². The van der Waals surface area contributed by atoms with Crippen molar-refractivity contribution >= 4 is 12.0 Å². The summed E-state index contributed by atoms with van der Waals surface area (Å²) in [5.74, 6) is -1.07. The minimum absolute atomic E-state index is 0.0491. The maximum atomic E-state index is 11.9. The summed E-state index contributed by atoms with van der Waals surface area (Å²) in [4.78, 5) is 22.1. The van der Waals surface area contributed by atoms with E-state index in [1.54, 1.807) is 13.8 Å². The Morgan fingerprint density at radius 3 is 2.25 bits per heavy atom. The second-order valence-electron chi connectivity index (χ2n) is 4.92. The number of halogens is 3. The zero-order valence-corrected chi connectivity index (χ0v) is 11.6. The van der Waals surface area contributed by atoms with Gasteiger partial charge in [-0.25, -0.2) is 4.79 Å². The van der Waals surface area contributed by atoms with Gasteiger partial charge in [0.25, 0.3) is 0 Å². The largest absolute Gasteiger partial charge is 0.481 e. The number of amides is 2. The fourth-order valence-electron chi connectivity index (χ4n) is 1.51. The number of unbranched alkanes of at least 4 members (excludes halogenated alkanes) is 1. The molecule has 0 aliphatic carbocycles. The van der Waals surface area contributed by atoms with E-state index in [1.807, 2.05) is 0 Å². The van der Waals surface area contributed by atoms with E-state index in [0.717, 1.165) is 0 Å². The average Bonchev–Trinajstić information content (AvgIpc) is 2.25. The summed E-state index contributed by atoms with van der Waals surface area (Å²) in [6.07, 6.45) is -5.07. The number of urea groups is 1. The zero-order valence-electron chi connectivity index (χ0n) is 11.6. The van der Waals surface area contributed by atoms with Gasteiger partial charge < -0.3 is 15.7 Å². The normalized spacial score (nSPS) is 13.1. The van der Waals surface area contributed by atoms with Crippen LogP contribution in [0.25, 0.3) is 0 Å². The lowest BCUT2D eigenvalue weighted by Gasteiger charge is -2.20. The van der Waals surface area contributed by atoms with E-state index < -0.39 is 30.6 Å². The standard InChI is InChI=1S/C12H21F3N2O3/c1-8(2)9(7-10(18)19)17-11(20)16-6-4-3-5-12(13,14)15/h8-9H,3-7H2,1-2H3,(H,18,19)(H2,16,17,20). The molecule has 0 heterocycles. The predicted molar refractivity (Wildman–Crippen MR) is 67.3 cm³/mol. The van der Waals surface area contributed by atoms with Gasteiger partial charge in [0.1, 0.15) is 0 Å². The van der Waals surface area contributed by atoms with E-state index in [1.165, 1.54) is 0 Å². The average molecular weight is 298 g/mol. The number of carbonyl (C=O) groups excluding carboxylic acids is 1. The molecule has 0 bridgehead atoms. The fraction of sp³-hybridized carbons (Fsp3) is 0.833. The van der Waals surface area contributed by atoms with Gasteiger partial charge in [0.15, 0.2) is 0 Å². The molecule has 0 aliphatic heterocycles. The van der Waals surface area contributed by atoms with E-state index in [2.05, 4.69) is 10.6 Å². The Morgan fingerprint density at radius 2 is 1.80 bits per heavy atom. The first kappa shape index (κ1) is 18.5. The summed E-state index contributed by atoms with van der Waals surface area (Å²) in [5.41, 5.74) is 0. The van der Waals surface area contributed by atoms with Gasteiger partial charge in [-0.1, -0.05) is 13.8 Å². The first-order valence-electron chi connectivity index (χ1n) is 6.44. The monoisotopic (exact) mass is 298 g/mol. The Morgan fingerprint density at radius 1 is 1.20 bits per heavy atom. The second-order valence-corrected chi connectivity index (χ2v) is 4.92. The summed E-state index contributed by atoms with van der Waals surface area (Å²) >= 11 is 0. The molecule has 118 valence electrons. The van der Waals surface area contributed by atoms with Crippen molar-refractivity contribution in [1.29, 1.82) is 0 Å². The van der Waals surface area contributed by atoms with Crippen molar-refractivity contribution in [2.24, 2.45) is 5.92 Å². The Kier molecular flexibility index (Phi) is 8.02. The Balaban J connectivity index is 3.88. The van der Waals surface area contributed by atoms with E-state index >= 15 is 0 Å². The van der Waals surface area contributed by atoms with Gasteiger partial charge in [-0.15, -0.1) is 0 Å². The highest BCUT2D eigenvalue weighted by molar-refractivity contribution is 5.75. The smallest absolute Gasteiger partial charge is 0.389 e. The Labute approximate surface area is 115 Å². The predicted octanol–water partition coefficient (Wildman–Crippen LogP) is 2.52. The van der Waals surface area contributed by atoms with Crippen molar-refractivity contribution in [2.75, 3.05) is 6.54 Å². The maximum Gasteiger partial charge on any atom is 0.389 e. The highest BCUT2D eigenvalue weighted by atomic mass is 19.4. The van der Waals surface area contributed by atoms with Crippen LogP contribution in [0.3, 0.4) is 0 Å². The first-order valence-corrected chi connectivity index (χ1v) is 6.44. The van der Waals surface area contributed by atoms with Gasteiger partial charge in [0.2, 0.25) is 0 Å². The van der Waals surface area contributed by atoms with Crippen molar-refractivity contribution in [2.45, 2.75) is 51.7 Å². The minimum Gasteiger partial charge on any atom is -0.481 e. The van der Waals surface area contributed by atoms with Crippen molar-refractivity contribution < 1.29 is 27.9 Å². The number of carbonyl (C=O) groups is 2. The van der Waals surface area contributed by atoms with Crippen LogP contribution in [0, 0.1) is 5.92 Å². The molecule has 0 aliphatic rings. The molecule has 0 radical (unpaired) electrons. The molecule has 20 heavy (non-hydrogen) atoms. The Hall–Kier alpha value is -1.47. The van der Waals surface area contributed by atoms with Crippen LogP contribution in [0.4, 0.5) is 18.0 Å². The molecule has 0 aromatic heterocycles. The van der Waals surface area contributed by atoms with E-state index in [9.17, 15) is 22.8 Å². The number of aliphatic carboxylic acids is 1. The number of alkyl halides is 3. The third-order valence-corrected chi connectivity index (χ3v) is 2.69. The van der Waals surface area contributed by atoms with Gasteiger partial charge in [-0.3, -0.25) is 4.79 Å². The Bertz CT molecular complexity index is 320. The van der Waals surface area contributed by atoms with Crippen LogP contribution < -0.4 is 10.6 Å². The lowest BCUT2D eigenvalue weighted by Crippen LogP contribution is -2.45. The lowest BCUT2D eigenvalue weighted by molar-refractivity contribution is -0.138. The topological polar surface area (TPSA) is 78.4 Å². The molecule has 1 atom stereocenters. The number of nitrogens with one attached hydrogen (secondary N) is 2. The quantitative estimate of drug-likeness (QED) is 0.602. The molecule has 3 N–H and O–H groups in total. The van der Waals surface area contributed by atoms with Crippen LogP contribution >= 0.6 is 0 Å². The van der Waals surface area contributed by atoms with Crippen molar-refractivity contribution in [3.8, 4) is 0 Å². The molecule has 0 saturated heterocycles. The summed E-state index contributed by atoms with van der Waals surface area (Å²) in [6.45, 7) is 3.67. The number of rotatable bonds is 8. The SMILES string of the molecule is CC(C)C(CC(=O)O)NC(=O)NCCCCC(F)(F)F. The summed E-state index contributed by atoms with van der Waals surface area (Å²) in [5, 5.41) is 13.6. The van der Waals surface area contributed by atoms with Crippen LogP contribution in [0.15, 0.2) is 0 Å². The van der Waals surface area contributed by atoms with E-state index in [0.29, 0.717) is 0 Å². The molecule has 0 aromatic carbocycles. The molecule has 0 spiro atoms. The van der Waals surface area contributed by atoms with Crippen molar-refractivity contribution in [3.05, 3.63) is 0 Å². The molecule has 8 heteroatoms. The number of carboxylic acid groups (broad SMARTS) is 1. The van der Waals surface area contributed by atoms with Crippen LogP contribution in [0.2, 0.25) is 0 Å². The van der Waals surface area contributed by atoms with Crippen LogP contribution in [0.5, 0.6) is 0 Å². The third kappa shape index (κ3) is 10.5. The van der Waals surface area contributed by atoms with Gasteiger partial charge in [0.05, 0.1) is 6.42 Å². The first-order chi connectivity index (χ1) is 9.11. The molecular weight excluding hydrogens is 277 g/mol. The van der Waals surface area contributed by atoms with Gasteiger partial charge in [-0.2, -0.15) is 13.2 Å². The van der Waals surface area contributed by atoms with Gasteiger partial charge >= 0.3 is 18.2 Å². The van der Waals surface area contributed by atoms with Crippen LogP contribution in [-0.2, 0) is 4.79 Å². The fourth-order valence-corrected chi connectivity index (χ4v) is 1.51. The number of hydrogen-bond donors (Lipinski definition) is 3. The molecule has 0 fully saturated rings. The molecule has 5 nitrogen and oxygen atoms in total. The molecule has 1 unspecified atom stereocenters. The summed E-state index contributed by atoms with van der Waals surface area (Å²) < 4.78 is 35.6. The highest BCUT2D eigenvalue weighted by Crippen LogP contribution is 2.21. The van der Waals surface area contributed by atoms with Crippen molar-refractivity contribution in [1.82, 2.24) is 10.6 Å². The second kappa shape index (κ2) is 8.65. The zero-order chi connectivity index (χ0) is 15.8. The van der Waals surface area contributed by atoms with Gasteiger partial charge in [-0.05, 0) is 18.8 Å². The van der Waals surface area contributed by atoms with E-state index in [-0.39, 0.29) is 31.7 Å². The van der Waals surface area contributed by atoms with E-state index in [4.69, 9.17) is 5.11 Å². The molecule has 0 saturated carbocycles. The molecular formula is C12H21F3N2O3. The molecule has 0 rings (SSSR count). The maximum absolute atomic E-state index is 11.9. The summed E-state index contributed by atoms with van der Waals surface area (Å²) in [7, 11) is 0. The summed E-state index contributed by atoms with van der Waals surface area (Å²) in [6, 6.07) is -1.07. The highest BCUT2D eigenvalue weighted by Gasteiger charge is 2.25. The van der Waals surface area contributed by atoms with Gasteiger partial charge in [0, 0.05) is 19.0 Å². The minimum atomic E-state index is -4.17.